The van der Waals surface area contributed by atoms with Crippen LogP contribution in [0.4, 0.5) is 4.39 Å². The largest absolute Gasteiger partial charge is 0.453 e. The normalized spacial score (nSPS) is 21.3. The minimum atomic E-state index is -3.73. The number of rotatable bonds is 7. The lowest BCUT2D eigenvalue weighted by atomic mass is 9.86. The molecule has 0 aliphatic heterocycles. The summed E-state index contributed by atoms with van der Waals surface area (Å²) in [4.78, 5) is 24.1. The van der Waals surface area contributed by atoms with E-state index >= 15 is 0 Å². The van der Waals surface area contributed by atoms with E-state index in [0.717, 1.165) is 49.9 Å². The second kappa shape index (κ2) is 9.30. The fourth-order valence-electron chi connectivity index (χ4n) is 3.12. The van der Waals surface area contributed by atoms with Gasteiger partial charge >= 0.3 is 5.97 Å². The van der Waals surface area contributed by atoms with Crippen molar-refractivity contribution in [3.63, 3.8) is 0 Å². The van der Waals surface area contributed by atoms with Gasteiger partial charge in [0.15, 0.2) is 15.9 Å². The molecule has 1 N–H and O–H groups in total. The van der Waals surface area contributed by atoms with Gasteiger partial charge in [-0.3, -0.25) is 9.59 Å². The maximum atomic E-state index is 12.9. The van der Waals surface area contributed by atoms with E-state index in [0.29, 0.717) is 5.92 Å². The molecule has 2 rings (SSSR count). The summed E-state index contributed by atoms with van der Waals surface area (Å²) in [6.07, 6.45) is 2.81. The first kappa shape index (κ1) is 21.3. The highest BCUT2D eigenvalue weighted by atomic mass is 32.2. The van der Waals surface area contributed by atoms with E-state index in [1.807, 2.05) is 0 Å². The Morgan fingerprint density at radius 2 is 1.85 bits per heavy atom. The van der Waals surface area contributed by atoms with Crippen LogP contribution < -0.4 is 5.32 Å². The maximum absolute atomic E-state index is 12.9. The van der Waals surface area contributed by atoms with Crippen molar-refractivity contribution in [2.45, 2.75) is 63.0 Å². The molecule has 0 aromatic heterocycles. The van der Waals surface area contributed by atoms with Crippen LogP contribution in [-0.4, -0.2) is 38.2 Å². The van der Waals surface area contributed by atoms with Crippen LogP contribution in [0.3, 0.4) is 0 Å². The molecular weight excluding hydrogens is 373 g/mol. The molecule has 1 aromatic rings. The van der Waals surface area contributed by atoms with Crippen LogP contribution in [0.25, 0.3) is 0 Å². The molecule has 1 saturated carbocycles. The van der Waals surface area contributed by atoms with Crippen molar-refractivity contribution in [1.29, 1.82) is 0 Å². The number of hydrogen-bond donors (Lipinski definition) is 1. The van der Waals surface area contributed by atoms with E-state index in [1.54, 1.807) is 0 Å². The lowest BCUT2D eigenvalue weighted by molar-refractivity contribution is -0.154. The molecule has 1 aliphatic carbocycles. The molecular formula is C19H26FNO5S. The Hall–Kier alpha value is -1.96. The molecule has 1 aliphatic rings. The molecule has 1 aromatic carbocycles. The Kier molecular flexibility index (Phi) is 7.35. The third-order valence-corrected chi connectivity index (χ3v) is 6.60. The summed E-state index contributed by atoms with van der Waals surface area (Å²) in [6.45, 7) is 3.55. The zero-order valence-corrected chi connectivity index (χ0v) is 16.4. The van der Waals surface area contributed by atoms with Gasteiger partial charge in [0.1, 0.15) is 5.82 Å². The first-order valence-electron chi connectivity index (χ1n) is 9.17. The van der Waals surface area contributed by atoms with Gasteiger partial charge in [0, 0.05) is 6.04 Å². The number of ether oxygens (including phenoxy) is 1. The monoisotopic (exact) mass is 399 g/mol. The number of amides is 1. The van der Waals surface area contributed by atoms with Crippen LogP contribution in [0.2, 0.25) is 0 Å². The summed E-state index contributed by atoms with van der Waals surface area (Å²) in [5.41, 5.74) is 0. The number of benzene rings is 1. The summed E-state index contributed by atoms with van der Waals surface area (Å²) < 4.78 is 42.3. The SMILES string of the molecule is C[C@@H](OC(=O)CCS(=O)(=O)c1ccc(F)cc1)C(=O)N[C@@H]1CCCC[C@@H]1C. The van der Waals surface area contributed by atoms with Gasteiger partial charge in [-0.1, -0.05) is 19.8 Å². The molecule has 150 valence electrons. The molecule has 6 nitrogen and oxygen atoms in total. The molecule has 0 spiro atoms. The summed E-state index contributed by atoms with van der Waals surface area (Å²) in [6, 6.07) is 4.47. The summed E-state index contributed by atoms with van der Waals surface area (Å²) in [5, 5.41) is 2.91. The number of halogens is 1. The predicted octanol–water partition coefficient (Wildman–Crippen LogP) is 2.62. The predicted molar refractivity (Wildman–Crippen MR) is 98.2 cm³/mol. The van der Waals surface area contributed by atoms with Gasteiger partial charge in [0.05, 0.1) is 17.1 Å². The highest BCUT2D eigenvalue weighted by molar-refractivity contribution is 7.91. The average Bonchev–Trinajstić information content (AvgIpc) is 2.62. The van der Waals surface area contributed by atoms with Gasteiger partial charge in [-0.15, -0.1) is 0 Å². The third kappa shape index (κ3) is 6.30. The van der Waals surface area contributed by atoms with E-state index in [-0.39, 0.29) is 23.3 Å². The van der Waals surface area contributed by atoms with Crippen LogP contribution >= 0.6 is 0 Å². The lowest BCUT2D eigenvalue weighted by Gasteiger charge is -2.30. The van der Waals surface area contributed by atoms with E-state index in [9.17, 15) is 22.4 Å². The van der Waals surface area contributed by atoms with E-state index in [2.05, 4.69) is 12.2 Å². The summed E-state index contributed by atoms with van der Waals surface area (Å²) in [7, 11) is -3.73. The van der Waals surface area contributed by atoms with Crippen LogP contribution in [-0.2, 0) is 24.2 Å². The van der Waals surface area contributed by atoms with Crippen LogP contribution in [0.15, 0.2) is 29.2 Å². The number of carbonyl (C=O) groups excluding carboxylic acids is 2. The van der Waals surface area contributed by atoms with Crippen LogP contribution in [0, 0.1) is 11.7 Å². The van der Waals surface area contributed by atoms with Crippen molar-refractivity contribution >= 4 is 21.7 Å². The smallest absolute Gasteiger partial charge is 0.307 e. The Labute approximate surface area is 159 Å². The number of hydrogen-bond acceptors (Lipinski definition) is 5. The molecule has 0 saturated heterocycles. The molecule has 1 amide bonds. The molecule has 0 bridgehead atoms. The van der Waals surface area contributed by atoms with Gasteiger partial charge < -0.3 is 10.1 Å². The van der Waals surface area contributed by atoms with Crippen LogP contribution in [0.1, 0.15) is 46.0 Å². The van der Waals surface area contributed by atoms with E-state index in [1.165, 1.54) is 6.92 Å². The number of nitrogens with one attached hydrogen (secondary N) is 1. The number of esters is 1. The Morgan fingerprint density at radius 3 is 2.48 bits per heavy atom. The second-order valence-corrected chi connectivity index (χ2v) is 9.14. The van der Waals surface area contributed by atoms with Gasteiger partial charge in [0.2, 0.25) is 0 Å². The first-order chi connectivity index (χ1) is 12.7. The zero-order chi connectivity index (χ0) is 20.0. The van der Waals surface area contributed by atoms with Gasteiger partial charge in [-0.05, 0) is 49.9 Å². The molecule has 1 fully saturated rings. The first-order valence-corrected chi connectivity index (χ1v) is 10.8. The Morgan fingerprint density at radius 1 is 1.22 bits per heavy atom. The van der Waals surface area contributed by atoms with Crippen LogP contribution in [0.5, 0.6) is 0 Å². The highest BCUT2D eigenvalue weighted by Gasteiger charge is 2.26. The summed E-state index contributed by atoms with van der Waals surface area (Å²) >= 11 is 0. The molecule has 8 heteroatoms. The minimum Gasteiger partial charge on any atom is -0.453 e. The van der Waals surface area contributed by atoms with Crippen molar-refractivity contribution in [1.82, 2.24) is 5.32 Å². The van der Waals surface area contributed by atoms with Crippen molar-refractivity contribution in [3.8, 4) is 0 Å². The lowest BCUT2D eigenvalue weighted by Crippen LogP contribution is -2.46. The standard InChI is InChI=1S/C19H26FNO5S/c1-13-5-3-4-6-17(13)21-19(23)14(2)26-18(22)11-12-27(24,25)16-9-7-15(20)8-10-16/h7-10,13-14,17H,3-6,11-12H2,1-2H3,(H,21,23)/t13-,14+,17+/m0/s1. The van der Waals surface area contributed by atoms with Gasteiger partial charge in [-0.2, -0.15) is 0 Å². The Balaban J connectivity index is 1.81. The summed E-state index contributed by atoms with van der Waals surface area (Å²) in [5.74, 6) is -1.76. The molecule has 27 heavy (non-hydrogen) atoms. The van der Waals surface area contributed by atoms with E-state index in [4.69, 9.17) is 4.74 Å². The second-order valence-electron chi connectivity index (χ2n) is 7.03. The molecule has 3 atom stereocenters. The molecule has 0 unspecified atom stereocenters. The van der Waals surface area contributed by atoms with Crippen molar-refractivity contribution in [2.75, 3.05) is 5.75 Å². The van der Waals surface area contributed by atoms with Gasteiger partial charge in [-0.25, -0.2) is 12.8 Å². The van der Waals surface area contributed by atoms with Gasteiger partial charge in [0.25, 0.3) is 5.91 Å². The Bertz CT molecular complexity index is 763. The zero-order valence-electron chi connectivity index (χ0n) is 15.6. The molecule has 0 heterocycles. The fraction of sp³-hybridized carbons (Fsp3) is 0.579. The van der Waals surface area contributed by atoms with Crippen molar-refractivity contribution in [3.05, 3.63) is 30.1 Å². The number of sulfone groups is 1. The maximum Gasteiger partial charge on any atom is 0.307 e. The minimum absolute atomic E-state index is 0.0613. The average molecular weight is 399 g/mol. The van der Waals surface area contributed by atoms with E-state index < -0.39 is 33.5 Å². The molecule has 0 radical (unpaired) electrons. The van der Waals surface area contributed by atoms with Crippen molar-refractivity contribution in [2.24, 2.45) is 5.92 Å². The fourth-order valence-corrected chi connectivity index (χ4v) is 4.34. The quantitative estimate of drug-likeness (QED) is 0.562. The third-order valence-electron chi connectivity index (χ3n) is 4.86. The van der Waals surface area contributed by atoms with Crippen molar-refractivity contribution < 1.29 is 27.1 Å². The number of carbonyl (C=O) groups is 2. The topological polar surface area (TPSA) is 89.5 Å². The highest BCUT2D eigenvalue weighted by Crippen LogP contribution is 2.23.